The van der Waals surface area contributed by atoms with Crippen LogP contribution in [0.5, 0.6) is 5.75 Å². The molecule has 10 heteroatoms. The molecule has 0 bridgehead atoms. The lowest BCUT2D eigenvalue weighted by Crippen LogP contribution is -3.11. The first-order chi connectivity index (χ1) is 21.9. The van der Waals surface area contributed by atoms with Gasteiger partial charge in [0, 0.05) is 54.3 Å². The van der Waals surface area contributed by atoms with Gasteiger partial charge in [0.15, 0.2) is 0 Å². The molecule has 1 aliphatic heterocycles. The van der Waals surface area contributed by atoms with Crippen LogP contribution >= 0.6 is 11.6 Å². The largest absolute Gasteiger partial charge is 0.489 e. The fourth-order valence-electron chi connectivity index (χ4n) is 11.4. The summed E-state index contributed by atoms with van der Waals surface area (Å²) >= 11 is 6.01. The third-order valence-corrected chi connectivity index (χ3v) is 13.3. The zero-order valence-corrected chi connectivity index (χ0v) is 25.7. The molecule has 0 spiro atoms. The van der Waals surface area contributed by atoms with Crippen molar-refractivity contribution in [2.45, 2.75) is 19.4 Å². The van der Waals surface area contributed by atoms with Crippen molar-refractivity contribution in [1.82, 2.24) is 14.9 Å². The molecule has 11 rings (SSSR count). The van der Waals surface area contributed by atoms with E-state index < -0.39 is 5.97 Å². The summed E-state index contributed by atoms with van der Waals surface area (Å²) in [5, 5.41) is 10.4. The number of rotatable bonds is 10. The number of aryl methyl sites for hydroxylation is 1. The molecule has 6 saturated carbocycles. The molecular weight excluding hydrogens is 590 g/mol. The molecule has 2 heterocycles. The van der Waals surface area contributed by atoms with Crippen molar-refractivity contribution in [2.24, 2.45) is 46.3 Å². The Kier molecular flexibility index (Phi) is 5.42. The SMILES string of the molecule is Nc1nc2c(c(N3CCN(CCOCC45C6C7C4C4C5C6C74C(=O)O)CC3)n1)CCc1cc(OCc3ccc(Cl)cc3)ccc1-2. The van der Waals surface area contributed by atoms with Crippen molar-refractivity contribution < 1.29 is 19.4 Å². The van der Waals surface area contributed by atoms with Gasteiger partial charge in [0.05, 0.1) is 24.3 Å². The molecule has 7 aliphatic carbocycles. The van der Waals surface area contributed by atoms with Crippen LogP contribution in [0.15, 0.2) is 42.5 Å². The van der Waals surface area contributed by atoms with Gasteiger partial charge in [0.2, 0.25) is 5.95 Å². The van der Waals surface area contributed by atoms with E-state index in [1.54, 1.807) is 0 Å². The second-order valence-electron chi connectivity index (χ2n) is 14.4. The number of benzene rings is 2. The topological polar surface area (TPSA) is 114 Å². The number of aromatic nitrogens is 2. The number of piperazine rings is 1. The van der Waals surface area contributed by atoms with Gasteiger partial charge in [-0.2, -0.15) is 4.98 Å². The van der Waals surface area contributed by atoms with Crippen molar-refractivity contribution in [3.63, 3.8) is 0 Å². The molecule has 3 N–H and O–H groups in total. The van der Waals surface area contributed by atoms with Crippen LogP contribution < -0.4 is 15.4 Å². The van der Waals surface area contributed by atoms with Crippen molar-refractivity contribution in [3.05, 3.63) is 64.2 Å². The minimum Gasteiger partial charge on any atom is -0.489 e. The molecule has 0 atom stereocenters. The molecule has 0 unspecified atom stereocenters. The Labute approximate surface area is 266 Å². The fourth-order valence-corrected chi connectivity index (χ4v) is 11.5. The summed E-state index contributed by atoms with van der Waals surface area (Å²) in [5.41, 5.74) is 11.9. The molecule has 1 aromatic heterocycles. The molecule has 9 nitrogen and oxygen atoms in total. The smallest absolute Gasteiger partial charge is 0.310 e. The van der Waals surface area contributed by atoms with Crippen LogP contribution in [0.3, 0.4) is 0 Å². The van der Waals surface area contributed by atoms with Gasteiger partial charge in [-0.25, -0.2) is 4.98 Å². The third kappa shape index (κ3) is 3.19. The lowest BCUT2D eigenvalue weighted by molar-refractivity contribution is -0.646. The summed E-state index contributed by atoms with van der Waals surface area (Å²) in [6.45, 7) is 6.71. The minimum atomic E-state index is -0.514. The van der Waals surface area contributed by atoms with Gasteiger partial charge < -0.3 is 25.2 Å². The van der Waals surface area contributed by atoms with Crippen LogP contribution in [-0.4, -0.2) is 71.9 Å². The number of aliphatic carboxylic acids is 1. The van der Waals surface area contributed by atoms with Crippen molar-refractivity contribution in [1.29, 1.82) is 0 Å². The van der Waals surface area contributed by atoms with Gasteiger partial charge in [0.25, 0.3) is 0 Å². The molecule has 0 amide bonds. The predicted molar refractivity (Wildman–Crippen MR) is 168 cm³/mol. The highest BCUT2D eigenvalue weighted by molar-refractivity contribution is 6.30. The Bertz CT molecular complexity index is 1700. The second-order valence-corrected chi connectivity index (χ2v) is 14.8. The van der Waals surface area contributed by atoms with E-state index in [0.29, 0.717) is 53.5 Å². The van der Waals surface area contributed by atoms with Crippen molar-refractivity contribution in [2.75, 3.05) is 56.6 Å². The highest BCUT2D eigenvalue weighted by Gasteiger charge is 3.11. The Morgan fingerprint density at radius 1 is 0.978 bits per heavy atom. The maximum atomic E-state index is 11.8. The summed E-state index contributed by atoms with van der Waals surface area (Å²) in [4.78, 5) is 26.1. The number of nitrogen functional groups attached to an aromatic ring is 1. The van der Waals surface area contributed by atoms with E-state index >= 15 is 0 Å². The Morgan fingerprint density at radius 3 is 2.42 bits per heavy atom. The van der Waals surface area contributed by atoms with E-state index in [0.717, 1.165) is 92.2 Å². The number of fused-ring (bicyclic) bond motifs is 3. The summed E-state index contributed by atoms with van der Waals surface area (Å²) in [7, 11) is 0. The Hall–Kier alpha value is -3.40. The monoisotopic (exact) mass is 625 g/mol. The average molecular weight is 626 g/mol. The van der Waals surface area contributed by atoms with Crippen LogP contribution in [0.25, 0.3) is 11.3 Å². The standard InChI is InChI=1S/C35H36ClN5O4/c36-20-4-1-18(2-5-20)16-45-21-6-8-22-19(15-21)3-7-23-30(22)38-33(37)39-31(23)41-11-9-40(10-12-41)13-14-44-17-34-24-27-25(34)29-26(34)28(24)35(27,29)32(42)43/h1-2,4-6,8,15,24-29H,3,7,9-14,16-17H2,(H,42,43)(H2,37,38,39). The number of hydrogen-bond donors (Lipinski definition) is 2. The second kappa shape index (κ2) is 9.11. The van der Waals surface area contributed by atoms with E-state index in [2.05, 4.69) is 21.9 Å². The first-order valence-electron chi connectivity index (χ1n) is 16.4. The average Bonchev–Trinajstić information content (AvgIpc) is 3.06. The third-order valence-electron chi connectivity index (χ3n) is 13.1. The van der Waals surface area contributed by atoms with Gasteiger partial charge in [0.1, 0.15) is 18.2 Å². The first-order valence-corrected chi connectivity index (χ1v) is 16.8. The number of nitrogens with zero attached hydrogens (tertiary/aromatic N) is 4. The molecule has 3 aromatic rings. The molecule has 0 radical (unpaired) electrons. The van der Waals surface area contributed by atoms with Crippen LogP contribution in [0.4, 0.5) is 11.8 Å². The van der Waals surface area contributed by atoms with Crippen LogP contribution in [-0.2, 0) is 29.0 Å². The van der Waals surface area contributed by atoms with E-state index in [1.807, 2.05) is 30.3 Å². The number of carbonyl (C=O) groups is 1. The van der Waals surface area contributed by atoms with Crippen LogP contribution in [0.2, 0.25) is 5.02 Å². The molecule has 232 valence electrons. The summed E-state index contributed by atoms with van der Waals surface area (Å²) in [6.07, 6.45) is 1.77. The normalized spacial score (nSPS) is 35.4. The van der Waals surface area contributed by atoms with Crippen molar-refractivity contribution >= 4 is 29.3 Å². The number of hydrogen-bond acceptors (Lipinski definition) is 8. The predicted octanol–water partition coefficient (Wildman–Crippen LogP) is 4.02. The molecule has 2 aromatic carbocycles. The maximum Gasteiger partial charge on any atom is 0.310 e. The van der Waals surface area contributed by atoms with Crippen molar-refractivity contribution in [3.8, 4) is 17.0 Å². The zero-order chi connectivity index (χ0) is 30.2. The van der Waals surface area contributed by atoms with E-state index in [-0.39, 0.29) is 5.41 Å². The van der Waals surface area contributed by atoms with Crippen LogP contribution in [0, 0.1) is 46.3 Å². The minimum absolute atomic E-state index is 0.282. The number of ether oxygens (including phenoxy) is 2. The molecule has 8 aliphatic rings. The summed E-state index contributed by atoms with van der Waals surface area (Å²) < 4.78 is 12.4. The van der Waals surface area contributed by atoms with Gasteiger partial charge in [-0.15, -0.1) is 0 Å². The fraction of sp³-hybridized carbons (Fsp3) is 0.514. The van der Waals surface area contributed by atoms with Crippen LogP contribution in [0.1, 0.15) is 16.7 Å². The number of anilines is 2. The molecule has 45 heavy (non-hydrogen) atoms. The number of nitrogens with two attached hydrogens (primary N) is 1. The van der Waals surface area contributed by atoms with E-state index in [9.17, 15) is 9.90 Å². The summed E-state index contributed by atoms with van der Waals surface area (Å²) in [5.74, 6) is 5.04. The highest BCUT2D eigenvalue weighted by atomic mass is 35.5. The van der Waals surface area contributed by atoms with Gasteiger partial charge in [-0.1, -0.05) is 23.7 Å². The number of halogens is 1. The Balaban J connectivity index is 0.748. The molecular formula is C35H36ClN5O4. The lowest BCUT2D eigenvalue weighted by Gasteiger charge is -3.10. The first kappa shape index (κ1) is 26.8. The Morgan fingerprint density at radius 2 is 1.71 bits per heavy atom. The number of carboxylic acids is 1. The molecule has 7 fully saturated rings. The van der Waals surface area contributed by atoms with Gasteiger partial charge in [-0.05, 0) is 89.8 Å². The quantitative estimate of drug-likeness (QED) is 0.323. The molecule has 1 saturated heterocycles. The van der Waals surface area contributed by atoms with E-state index in [1.165, 1.54) is 11.1 Å². The van der Waals surface area contributed by atoms with E-state index in [4.69, 9.17) is 36.8 Å². The zero-order valence-electron chi connectivity index (χ0n) is 25.0. The van der Waals surface area contributed by atoms with Gasteiger partial charge in [-0.3, -0.25) is 9.69 Å². The lowest BCUT2D eigenvalue weighted by atomic mass is 8.92. The maximum absolute atomic E-state index is 11.8. The number of carboxylic acid groups (broad SMARTS) is 1. The van der Waals surface area contributed by atoms with Gasteiger partial charge >= 0.3 is 5.97 Å². The summed E-state index contributed by atoms with van der Waals surface area (Å²) in [6, 6.07) is 14.0. The highest BCUT2D eigenvalue weighted by Crippen LogP contribution is 3.10.